The molecule has 4 N–H and O–H groups in total. The number of nitrogen functional groups attached to an aromatic ring is 1. The van der Waals surface area contributed by atoms with Gasteiger partial charge in [-0.3, -0.25) is 10.1 Å². The summed E-state index contributed by atoms with van der Waals surface area (Å²) >= 11 is 0. The summed E-state index contributed by atoms with van der Waals surface area (Å²) in [5, 5.41) is 10.6. The molecule has 0 amide bonds. The molecule has 2 heterocycles. The average Bonchev–Trinajstić information content (AvgIpc) is 2.28. The minimum absolute atomic E-state index is 0.0494. The van der Waals surface area contributed by atoms with E-state index in [-0.39, 0.29) is 17.5 Å². The van der Waals surface area contributed by atoms with Crippen molar-refractivity contribution >= 4 is 17.3 Å². The van der Waals surface area contributed by atoms with Crippen molar-refractivity contribution in [2.45, 2.75) is 18.9 Å². The lowest BCUT2D eigenvalue weighted by Gasteiger charge is -2.31. The van der Waals surface area contributed by atoms with Crippen molar-refractivity contribution < 1.29 is 4.92 Å². The second-order valence-electron chi connectivity index (χ2n) is 4.18. The van der Waals surface area contributed by atoms with Gasteiger partial charge in [-0.2, -0.15) is 0 Å². The molecule has 1 unspecified atom stereocenters. The van der Waals surface area contributed by atoms with Crippen LogP contribution in [0.4, 0.5) is 17.3 Å². The van der Waals surface area contributed by atoms with Crippen molar-refractivity contribution in [2.24, 2.45) is 5.73 Å². The molecule has 0 bridgehead atoms. The quantitative estimate of drug-likeness (QED) is 0.572. The van der Waals surface area contributed by atoms with E-state index >= 15 is 0 Å². The third-order valence-electron chi connectivity index (χ3n) is 2.87. The number of rotatable bonds is 2. The van der Waals surface area contributed by atoms with E-state index in [0.717, 1.165) is 19.4 Å². The first-order chi connectivity index (χ1) is 8.08. The van der Waals surface area contributed by atoms with Gasteiger partial charge >= 0.3 is 5.69 Å². The number of aromatic nitrogens is 1. The van der Waals surface area contributed by atoms with Gasteiger partial charge in [-0.1, -0.05) is 0 Å². The number of piperidine rings is 1. The van der Waals surface area contributed by atoms with Crippen LogP contribution >= 0.6 is 0 Å². The largest absolute Gasteiger partial charge is 0.378 e. The third-order valence-corrected chi connectivity index (χ3v) is 2.87. The molecule has 1 aliphatic heterocycles. The Morgan fingerprint density at radius 1 is 1.53 bits per heavy atom. The minimum Gasteiger partial charge on any atom is -0.378 e. The molecule has 0 saturated carbocycles. The summed E-state index contributed by atoms with van der Waals surface area (Å²) in [6.07, 6.45) is 2.00. The molecule has 0 radical (unpaired) electrons. The van der Waals surface area contributed by atoms with Crippen LogP contribution in [0.3, 0.4) is 0 Å². The van der Waals surface area contributed by atoms with Crippen LogP contribution in [0.15, 0.2) is 12.1 Å². The molecule has 1 fully saturated rings. The second-order valence-corrected chi connectivity index (χ2v) is 4.18. The van der Waals surface area contributed by atoms with Gasteiger partial charge < -0.3 is 16.4 Å². The maximum atomic E-state index is 10.6. The average molecular weight is 237 g/mol. The lowest BCUT2D eigenvalue weighted by atomic mass is 10.1. The molecule has 92 valence electrons. The highest BCUT2D eigenvalue weighted by Crippen LogP contribution is 2.24. The molecule has 2 rings (SSSR count). The lowest BCUT2D eigenvalue weighted by molar-refractivity contribution is -0.384. The SMILES string of the molecule is Nc1nc(N2CCCC(N)C2)ccc1[N+](=O)[O-]. The van der Waals surface area contributed by atoms with Gasteiger partial charge in [0.05, 0.1) is 4.92 Å². The number of pyridine rings is 1. The van der Waals surface area contributed by atoms with Gasteiger partial charge in [-0.25, -0.2) is 4.98 Å². The summed E-state index contributed by atoms with van der Waals surface area (Å²) in [6.45, 7) is 1.57. The first-order valence-corrected chi connectivity index (χ1v) is 5.49. The number of nitrogens with zero attached hydrogens (tertiary/aromatic N) is 3. The lowest BCUT2D eigenvalue weighted by Crippen LogP contribution is -2.43. The van der Waals surface area contributed by atoms with Gasteiger partial charge in [-0.05, 0) is 18.9 Å². The predicted molar refractivity (Wildman–Crippen MR) is 64.7 cm³/mol. The normalized spacial score (nSPS) is 20.3. The maximum absolute atomic E-state index is 10.6. The van der Waals surface area contributed by atoms with E-state index < -0.39 is 4.92 Å². The van der Waals surface area contributed by atoms with Crippen molar-refractivity contribution in [1.29, 1.82) is 0 Å². The number of hydrogen-bond donors (Lipinski definition) is 2. The zero-order valence-corrected chi connectivity index (χ0v) is 9.37. The first-order valence-electron chi connectivity index (χ1n) is 5.49. The van der Waals surface area contributed by atoms with Crippen LogP contribution in [0, 0.1) is 10.1 Å². The van der Waals surface area contributed by atoms with Crippen LogP contribution in [0.25, 0.3) is 0 Å². The van der Waals surface area contributed by atoms with Crippen LogP contribution in [-0.2, 0) is 0 Å². The van der Waals surface area contributed by atoms with Gasteiger partial charge in [0, 0.05) is 25.2 Å². The molecule has 1 aromatic heterocycles. The van der Waals surface area contributed by atoms with E-state index in [1.165, 1.54) is 6.07 Å². The Balaban J connectivity index is 2.22. The molecule has 7 nitrogen and oxygen atoms in total. The molecule has 1 saturated heterocycles. The van der Waals surface area contributed by atoms with Crippen molar-refractivity contribution in [3.05, 3.63) is 22.2 Å². The van der Waals surface area contributed by atoms with Crippen molar-refractivity contribution in [1.82, 2.24) is 4.98 Å². The Labute approximate surface area is 98.6 Å². The Morgan fingerprint density at radius 2 is 2.29 bits per heavy atom. The Kier molecular flexibility index (Phi) is 3.10. The molecule has 1 aliphatic rings. The van der Waals surface area contributed by atoms with Crippen LogP contribution in [0.1, 0.15) is 12.8 Å². The predicted octanol–water partition coefficient (Wildman–Crippen LogP) is 0.500. The van der Waals surface area contributed by atoms with Gasteiger partial charge in [-0.15, -0.1) is 0 Å². The van der Waals surface area contributed by atoms with Gasteiger partial charge in [0.1, 0.15) is 5.82 Å². The minimum atomic E-state index is -0.534. The monoisotopic (exact) mass is 237 g/mol. The summed E-state index contributed by atoms with van der Waals surface area (Å²) in [4.78, 5) is 16.1. The molecule has 0 aromatic carbocycles. The Morgan fingerprint density at radius 3 is 2.88 bits per heavy atom. The number of hydrogen-bond acceptors (Lipinski definition) is 6. The highest BCUT2D eigenvalue weighted by molar-refractivity contribution is 5.58. The second kappa shape index (κ2) is 4.54. The van der Waals surface area contributed by atoms with E-state index in [4.69, 9.17) is 11.5 Å². The fraction of sp³-hybridized carbons (Fsp3) is 0.500. The first kappa shape index (κ1) is 11.6. The number of nitro groups is 1. The summed E-state index contributed by atoms with van der Waals surface area (Å²) in [5.74, 6) is 0.606. The summed E-state index contributed by atoms with van der Waals surface area (Å²) < 4.78 is 0. The zero-order chi connectivity index (χ0) is 12.4. The van der Waals surface area contributed by atoms with Crippen molar-refractivity contribution in [2.75, 3.05) is 23.7 Å². The summed E-state index contributed by atoms with van der Waals surface area (Å²) in [6, 6.07) is 3.13. The van der Waals surface area contributed by atoms with Crippen LogP contribution < -0.4 is 16.4 Å². The molecular formula is C10H15N5O2. The van der Waals surface area contributed by atoms with Crippen LogP contribution in [-0.4, -0.2) is 29.0 Å². The van der Waals surface area contributed by atoms with E-state index in [1.807, 2.05) is 4.90 Å². The van der Waals surface area contributed by atoms with E-state index in [0.29, 0.717) is 12.4 Å². The number of anilines is 2. The van der Waals surface area contributed by atoms with E-state index in [1.54, 1.807) is 6.07 Å². The standard InChI is InChI=1S/C10H15N5O2/c11-7-2-1-5-14(6-7)9-4-3-8(15(16)17)10(12)13-9/h3-4,7H,1-2,5-6,11H2,(H2,12,13). The van der Waals surface area contributed by atoms with Gasteiger partial charge in [0.15, 0.2) is 0 Å². The van der Waals surface area contributed by atoms with Crippen LogP contribution in [0.2, 0.25) is 0 Å². The molecule has 1 aromatic rings. The molecule has 7 heteroatoms. The smallest absolute Gasteiger partial charge is 0.311 e. The summed E-state index contributed by atoms with van der Waals surface area (Å²) in [5.41, 5.74) is 11.3. The molecule has 1 atom stereocenters. The van der Waals surface area contributed by atoms with Gasteiger partial charge in [0.2, 0.25) is 5.82 Å². The summed E-state index contributed by atoms with van der Waals surface area (Å²) in [7, 11) is 0. The molecular weight excluding hydrogens is 222 g/mol. The topological polar surface area (TPSA) is 111 Å². The number of nitrogens with two attached hydrogens (primary N) is 2. The molecule has 0 aliphatic carbocycles. The highest BCUT2D eigenvalue weighted by Gasteiger charge is 2.20. The van der Waals surface area contributed by atoms with Crippen molar-refractivity contribution in [3.8, 4) is 0 Å². The van der Waals surface area contributed by atoms with Gasteiger partial charge in [0.25, 0.3) is 0 Å². The Hall–Kier alpha value is -1.89. The zero-order valence-electron chi connectivity index (χ0n) is 9.37. The van der Waals surface area contributed by atoms with Crippen LogP contribution in [0.5, 0.6) is 0 Å². The molecule has 17 heavy (non-hydrogen) atoms. The fourth-order valence-electron chi connectivity index (χ4n) is 2.01. The fourth-order valence-corrected chi connectivity index (χ4v) is 2.01. The Bertz CT molecular complexity index is 437. The third kappa shape index (κ3) is 2.44. The highest BCUT2D eigenvalue weighted by atomic mass is 16.6. The van der Waals surface area contributed by atoms with E-state index in [9.17, 15) is 10.1 Å². The van der Waals surface area contributed by atoms with E-state index in [2.05, 4.69) is 4.98 Å². The maximum Gasteiger partial charge on any atom is 0.311 e. The molecule has 0 spiro atoms. The van der Waals surface area contributed by atoms with Crippen molar-refractivity contribution in [3.63, 3.8) is 0 Å².